The lowest BCUT2D eigenvalue weighted by atomic mass is 9.99. The van der Waals surface area contributed by atoms with Crippen LogP contribution in [0.15, 0.2) is 12.1 Å². The van der Waals surface area contributed by atoms with Gasteiger partial charge in [0.1, 0.15) is 0 Å². The molecule has 3 unspecified atom stereocenters. The van der Waals surface area contributed by atoms with Crippen molar-refractivity contribution in [1.82, 2.24) is 5.32 Å². The molecule has 0 aliphatic carbocycles. The van der Waals surface area contributed by atoms with Crippen molar-refractivity contribution in [2.45, 2.75) is 38.8 Å². The topological polar surface area (TPSA) is 21.3 Å². The van der Waals surface area contributed by atoms with Gasteiger partial charge < -0.3 is 10.1 Å². The van der Waals surface area contributed by atoms with Crippen molar-refractivity contribution in [3.05, 3.63) is 21.3 Å². The van der Waals surface area contributed by atoms with Crippen molar-refractivity contribution >= 4 is 22.9 Å². The van der Waals surface area contributed by atoms with E-state index in [-0.39, 0.29) is 0 Å². The van der Waals surface area contributed by atoms with Crippen LogP contribution in [0.25, 0.3) is 0 Å². The molecule has 1 aliphatic heterocycles. The first-order valence-electron chi connectivity index (χ1n) is 6.31. The predicted octanol–water partition coefficient (Wildman–Crippen LogP) is 3.87. The molecule has 1 aromatic rings. The van der Waals surface area contributed by atoms with E-state index in [1.165, 1.54) is 11.3 Å². The molecule has 2 rings (SSSR count). The van der Waals surface area contributed by atoms with Crippen LogP contribution in [0.5, 0.6) is 0 Å². The number of rotatable bonds is 5. The highest BCUT2D eigenvalue weighted by atomic mass is 35.5. The second-order valence-electron chi connectivity index (χ2n) is 4.64. The molecule has 0 aromatic carbocycles. The highest BCUT2D eigenvalue weighted by Gasteiger charge is 2.26. The zero-order valence-electron chi connectivity index (χ0n) is 10.4. The number of hydrogen-bond donors (Lipinski definition) is 1. The molecule has 96 valence electrons. The number of nitrogens with one attached hydrogen (secondary N) is 1. The molecular formula is C13H20ClNOS. The molecule has 2 nitrogen and oxygen atoms in total. The van der Waals surface area contributed by atoms with Crippen LogP contribution in [-0.2, 0) is 4.74 Å². The van der Waals surface area contributed by atoms with Gasteiger partial charge in [0, 0.05) is 24.1 Å². The summed E-state index contributed by atoms with van der Waals surface area (Å²) < 4.78 is 6.56. The summed E-state index contributed by atoms with van der Waals surface area (Å²) in [5.41, 5.74) is 0. The van der Waals surface area contributed by atoms with Gasteiger partial charge in [0.05, 0.1) is 10.4 Å². The Hall–Kier alpha value is -0.0900. The Bertz CT molecular complexity index is 355. The predicted molar refractivity (Wildman–Crippen MR) is 73.9 cm³/mol. The van der Waals surface area contributed by atoms with Gasteiger partial charge in [0.15, 0.2) is 0 Å². The molecule has 0 radical (unpaired) electrons. The van der Waals surface area contributed by atoms with Gasteiger partial charge in [0.25, 0.3) is 0 Å². The first-order chi connectivity index (χ1) is 8.20. The Morgan fingerprint density at radius 3 is 3.06 bits per heavy atom. The van der Waals surface area contributed by atoms with E-state index in [0.29, 0.717) is 18.1 Å². The van der Waals surface area contributed by atoms with Crippen LogP contribution in [0.4, 0.5) is 0 Å². The number of thiophene rings is 1. The van der Waals surface area contributed by atoms with Crippen LogP contribution in [0.3, 0.4) is 0 Å². The van der Waals surface area contributed by atoms with Crippen LogP contribution < -0.4 is 5.32 Å². The van der Waals surface area contributed by atoms with Crippen molar-refractivity contribution in [3.63, 3.8) is 0 Å². The maximum atomic E-state index is 5.95. The van der Waals surface area contributed by atoms with Crippen molar-refractivity contribution in [1.29, 1.82) is 0 Å². The van der Waals surface area contributed by atoms with Gasteiger partial charge in [-0.1, -0.05) is 18.5 Å². The molecule has 0 bridgehead atoms. The smallest absolute Gasteiger partial charge is 0.0931 e. The molecule has 0 spiro atoms. The summed E-state index contributed by atoms with van der Waals surface area (Å²) in [6.45, 7) is 6.35. The van der Waals surface area contributed by atoms with E-state index >= 15 is 0 Å². The van der Waals surface area contributed by atoms with Crippen molar-refractivity contribution in [2.24, 2.45) is 5.92 Å². The van der Waals surface area contributed by atoms with Crippen molar-refractivity contribution in [3.8, 4) is 0 Å². The summed E-state index contributed by atoms with van der Waals surface area (Å²) in [4.78, 5) is 1.31. The van der Waals surface area contributed by atoms with Crippen molar-refractivity contribution in [2.75, 3.05) is 13.2 Å². The fraction of sp³-hybridized carbons (Fsp3) is 0.692. The van der Waals surface area contributed by atoms with Gasteiger partial charge in [-0.15, -0.1) is 11.3 Å². The standard InChI is InChI=1S/C13H20ClNOS/c1-3-11-10(6-7-16-11)8-15-9(2)12-4-5-13(14)17-12/h4-5,9-11,15H,3,6-8H2,1-2H3. The molecule has 17 heavy (non-hydrogen) atoms. The zero-order chi connectivity index (χ0) is 12.3. The van der Waals surface area contributed by atoms with E-state index in [1.807, 2.05) is 6.07 Å². The van der Waals surface area contributed by atoms with Gasteiger partial charge in [-0.25, -0.2) is 0 Å². The third-order valence-corrected chi connectivity index (χ3v) is 4.87. The van der Waals surface area contributed by atoms with Crippen LogP contribution in [0, 0.1) is 5.92 Å². The van der Waals surface area contributed by atoms with Crippen LogP contribution in [0.2, 0.25) is 4.34 Å². The molecule has 3 atom stereocenters. The third kappa shape index (κ3) is 3.44. The molecule has 2 heterocycles. The van der Waals surface area contributed by atoms with Gasteiger partial charge >= 0.3 is 0 Å². The molecule has 4 heteroatoms. The van der Waals surface area contributed by atoms with E-state index in [9.17, 15) is 0 Å². The first kappa shape index (κ1) is 13.3. The van der Waals surface area contributed by atoms with Crippen molar-refractivity contribution < 1.29 is 4.74 Å². The summed E-state index contributed by atoms with van der Waals surface area (Å²) in [6, 6.07) is 4.45. The first-order valence-corrected chi connectivity index (χ1v) is 7.50. The summed E-state index contributed by atoms with van der Waals surface area (Å²) in [5.74, 6) is 0.665. The Morgan fingerprint density at radius 1 is 1.59 bits per heavy atom. The highest BCUT2D eigenvalue weighted by molar-refractivity contribution is 7.16. The largest absolute Gasteiger partial charge is 0.378 e. The van der Waals surface area contributed by atoms with Gasteiger partial charge in [-0.3, -0.25) is 0 Å². The summed E-state index contributed by atoms with van der Waals surface area (Å²) >= 11 is 7.60. The molecule has 1 fully saturated rings. The summed E-state index contributed by atoms with van der Waals surface area (Å²) in [7, 11) is 0. The molecule has 1 N–H and O–H groups in total. The minimum Gasteiger partial charge on any atom is -0.378 e. The maximum absolute atomic E-state index is 5.95. The van der Waals surface area contributed by atoms with Crippen LogP contribution in [-0.4, -0.2) is 19.3 Å². The maximum Gasteiger partial charge on any atom is 0.0931 e. The molecule has 1 aromatic heterocycles. The minimum atomic E-state index is 0.380. The summed E-state index contributed by atoms with van der Waals surface area (Å²) in [5, 5.41) is 3.59. The van der Waals surface area contributed by atoms with Gasteiger partial charge in [0.2, 0.25) is 0 Å². The Labute approximate surface area is 112 Å². The lowest BCUT2D eigenvalue weighted by Gasteiger charge is -2.20. The lowest BCUT2D eigenvalue weighted by molar-refractivity contribution is 0.0867. The van der Waals surface area contributed by atoms with Crippen LogP contribution >= 0.6 is 22.9 Å². The normalized spacial score (nSPS) is 26.3. The molecule has 0 saturated carbocycles. The Morgan fingerprint density at radius 2 is 2.41 bits per heavy atom. The quantitative estimate of drug-likeness (QED) is 0.879. The molecule has 0 amide bonds. The molecular weight excluding hydrogens is 254 g/mol. The SMILES string of the molecule is CCC1OCCC1CNC(C)c1ccc(Cl)s1. The van der Waals surface area contributed by atoms with Gasteiger partial charge in [-0.2, -0.15) is 0 Å². The van der Waals surface area contributed by atoms with E-state index in [2.05, 4.69) is 25.2 Å². The second-order valence-corrected chi connectivity index (χ2v) is 6.38. The number of halogens is 1. The number of hydrogen-bond acceptors (Lipinski definition) is 3. The molecule has 1 saturated heterocycles. The average Bonchev–Trinajstić information content (AvgIpc) is 2.94. The van der Waals surface area contributed by atoms with E-state index < -0.39 is 0 Å². The zero-order valence-corrected chi connectivity index (χ0v) is 12.0. The minimum absolute atomic E-state index is 0.380. The highest BCUT2D eigenvalue weighted by Crippen LogP contribution is 2.28. The fourth-order valence-corrected chi connectivity index (χ4v) is 3.45. The second kappa shape index (κ2) is 6.19. The van der Waals surface area contributed by atoms with E-state index in [1.54, 1.807) is 11.3 Å². The monoisotopic (exact) mass is 273 g/mol. The molecule has 1 aliphatic rings. The van der Waals surface area contributed by atoms with Crippen LogP contribution in [0.1, 0.15) is 37.6 Å². The fourth-order valence-electron chi connectivity index (χ4n) is 2.37. The summed E-state index contributed by atoms with van der Waals surface area (Å²) in [6.07, 6.45) is 2.75. The van der Waals surface area contributed by atoms with E-state index in [0.717, 1.165) is 23.9 Å². The Kier molecular flexibility index (Phi) is 4.86. The average molecular weight is 274 g/mol. The van der Waals surface area contributed by atoms with E-state index in [4.69, 9.17) is 16.3 Å². The lowest BCUT2D eigenvalue weighted by Crippen LogP contribution is -2.29. The third-order valence-electron chi connectivity index (χ3n) is 3.46. The van der Waals surface area contributed by atoms with Gasteiger partial charge in [-0.05, 0) is 37.8 Å². The number of ether oxygens (including phenoxy) is 1. The Balaban J connectivity index is 1.81.